The number of aliphatic carboxylic acids is 1. The van der Waals surface area contributed by atoms with Crippen molar-refractivity contribution in [3.63, 3.8) is 0 Å². The highest BCUT2D eigenvalue weighted by atomic mass is 16.4. The molecule has 1 fully saturated rings. The van der Waals surface area contributed by atoms with Crippen LogP contribution in [-0.4, -0.2) is 33.5 Å². The number of hydrogen-bond acceptors (Lipinski definition) is 3. The van der Waals surface area contributed by atoms with E-state index >= 15 is 0 Å². The number of aryl methyl sites for hydroxylation is 1. The number of aliphatic hydroxyl groups is 2. The van der Waals surface area contributed by atoms with Gasteiger partial charge in [-0.15, -0.1) is 0 Å². The molecule has 0 aromatic heterocycles. The van der Waals surface area contributed by atoms with Gasteiger partial charge in [-0.3, -0.25) is 4.79 Å². The number of benzene rings is 1. The Labute approximate surface area is 163 Å². The lowest BCUT2D eigenvalue weighted by Crippen LogP contribution is -2.21. The summed E-state index contributed by atoms with van der Waals surface area (Å²) in [6, 6.07) is 10.3. The molecule has 1 aromatic rings. The first-order valence-electron chi connectivity index (χ1n) is 10.7. The second-order valence-corrected chi connectivity index (χ2v) is 8.17. The van der Waals surface area contributed by atoms with Crippen molar-refractivity contribution in [3.05, 3.63) is 35.9 Å². The third kappa shape index (κ3) is 8.44. The van der Waals surface area contributed by atoms with Gasteiger partial charge in [0.2, 0.25) is 0 Å². The molecule has 1 saturated carbocycles. The molecule has 4 heteroatoms. The van der Waals surface area contributed by atoms with Crippen LogP contribution in [0.25, 0.3) is 0 Å². The van der Waals surface area contributed by atoms with E-state index in [0.717, 1.165) is 70.6 Å². The predicted octanol–water partition coefficient (Wildman–Crippen LogP) is 4.57. The lowest BCUT2D eigenvalue weighted by molar-refractivity contribution is -0.137. The van der Waals surface area contributed by atoms with Gasteiger partial charge >= 0.3 is 5.97 Å². The topological polar surface area (TPSA) is 77.8 Å². The summed E-state index contributed by atoms with van der Waals surface area (Å²) in [6.45, 7) is 0. The van der Waals surface area contributed by atoms with Gasteiger partial charge in [0, 0.05) is 6.42 Å². The fourth-order valence-corrected chi connectivity index (χ4v) is 4.46. The van der Waals surface area contributed by atoms with Crippen LogP contribution >= 0.6 is 0 Å². The van der Waals surface area contributed by atoms with Gasteiger partial charge in [0.25, 0.3) is 0 Å². The van der Waals surface area contributed by atoms with Gasteiger partial charge in [-0.1, -0.05) is 56.0 Å². The minimum atomic E-state index is -0.709. The van der Waals surface area contributed by atoms with Gasteiger partial charge in [-0.25, -0.2) is 0 Å². The molecule has 0 bridgehead atoms. The van der Waals surface area contributed by atoms with E-state index < -0.39 is 5.97 Å². The Morgan fingerprint density at radius 1 is 1.00 bits per heavy atom. The molecule has 0 saturated heterocycles. The van der Waals surface area contributed by atoms with Gasteiger partial charge in [-0.05, 0) is 62.3 Å². The van der Waals surface area contributed by atoms with E-state index in [9.17, 15) is 15.0 Å². The van der Waals surface area contributed by atoms with Crippen LogP contribution in [0.3, 0.4) is 0 Å². The molecular formula is C23H36O4. The minimum Gasteiger partial charge on any atom is -0.481 e. The van der Waals surface area contributed by atoms with E-state index in [0.29, 0.717) is 11.8 Å². The summed E-state index contributed by atoms with van der Waals surface area (Å²) in [5.41, 5.74) is 1.26. The zero-order valence-electron chi connectivity index (χ0n) is 16.4. The fourth-order valence-electron chi connectivity index (χ4n) is 4.46. The molecule has 0 heterocycles. The highest BCUT2D eigenvalue weighted by Gasteiger charge is 2.34. The number of carboxylic acids is 1. The standard InChI is InChI=1S/C23H36O4/c24-20(14-12-18-8-4-3-5-9-18)15-16-21-19(13-17-22(21)25)10-6-1-2-7-11-23(26)27/h3-5,8-9,19-22,24-25H,1-2,6-7,10-17H2,(H,26,27)/t19-,20+,21-,22-/m1/s1. The number of hydrogen-bond donors (Lipinski definition) is 3. The third-order valence-electron chi connectivity index (χ3n) is 6.09. The molecule has 2 rings (SSSR count). The van der Waals surface area contributed by atoms with Crippen LogP contribution in [0, 0.1) is 11.8 Å². The van der Waals surface area contributed by atoms with Crippen molar-refractivity contribution in [1.29, 1.82) is 0 Å². The average Bonchev–Trinajstić information content (AvgIpc) is 3.01. The summed E-state index contributed by atoms with van der Waals surface area (Å²) in [4.78, 5) is 10.5. The van der Waals surface area contributed by atoms with Crippen LogP contribution in [0.15, 0.2) is 30.3 Å². The average molecular weight is 377 g/mol. The largest absolute Gasteiger partial charge is 0.481 e. The van der Waals surface area contributed by atoms with Crippen LogP contribution in [0.5, 0.6) is 0 Å². The van der Waals surface area contributed by atoms with E-state index in [-0.39, 0.29) is 18.6 Å². The summed E-state index contributed by atoms with van der Waals surface area (Å²) >= 11 is 0. The Morgan fingerprint density at radius 2 is 1.74 bits per heavy atom. The third-order valence-corrected chi connectivity index (χ3v) is 6.09. The first-order valence-corrected chi connectivity index (χ1v) is 10.7. The molecule has 1 aromatic carbocycles. The molecule has 1 aliphatic rings. The lowest BCUT2D eigenvalue weighted by atomic mass is 9.85. The van der Waals surface area contributed by atoms with Crippen molar-refractivity contribution in [2.75, 3.05) is 0 Å². The number of rotatable bonds is 13. The molecule has 1 aliphatic carbocycles. The molecule has 0 radical (unpaired) electrons. The minimum absolute atomic E-state index is 0.219. The Morgan fingerprint density at radius 3 is 2.48 bits per heavy atom. The fraction of sp³-hybridized carbons (Fsp3) is 0.696. The van der Waals surface area contributed by atoms with Crippen molar-refractivity contribution in [3.8, 4) is 0 Å². The van der Waals surface area contributed by atoms with E-state index in [4.69, 9.17) is 5.11 Å². The van der Waals surface area contributed by atoms with E-state index in [2.05, 4.69) is 12.1 Å². The molecule has 0 amide bonds. The van der Waals surface area contributed by atoms with Crippen LogP contribution in [0.1, 0.15) is 76.2 Å². The van der Waals surface area contributed by atoms with Crippen molar-refractivity contribution in [1.82, 2.24) is 0 Å². The van der Waals surface area contributed by atoms with Gasteiger partial charge in [0.15, 0.2) is 0 Å². The van der Waals surface area contributed by atoms with Gasteiger partial charge in [0.05, 0.1) is 12.2 Å². The SMILES string of the molecule is O=C(O)CCCCCC[C@@H]1CC[C@@H](O)[C@@H]1CC[C@@H](O)CCc1ccccc1. The van der Waals surface area contributed by atoms with Crippen molar-refractivity contribution >= 4 is 5.97 Å². The number of carbonyl (C=O) groups is 1. The zero-order chi connectivity index (χ0) is 19.5. The van der Waals surface area contributed by atoms with Crippen LogP contribution in [-0.2, 0) is 11.2 Å². The highest BCUT2D eigenvalue weighted by molar-refractivity contribution is 5.66. The number of carboxylic acid groups (broad SMARTS) is 1. The maximum atomic E-state index is 10.5. The molecule has 4 nitrogen and oxygen atoms in total. The second-order valence-electron chi connectivity index (χ2n) is 8.17. The summed E-state index contributed by atoms with van der Waals surface area (Å²) in [5, 5.41) is 29.3. The first-order chi connectivity index (χ1) is 13.1. The smallest absolute Gasteiger partial charge is 0.303 e. The summed E-state index contributed by atoms with van der Waals surface area (Å²) < 4.78 is 0. The van der Waals surface area contributed by atoms with Crippen LogP contribution in [0.2, 0.25) is 0 Å². The Balaban J connectivity index is 1.63. The van der Waals surface area contributed by atoms with Gasteiger partial charge in [0.1, 0.15) is 0 Å². The molecule has 3 N–H and O–H groups in total. The molecule has 152 valence electrons. The van der Waals surface area contributed by atoms with Crippen molar-refractivity contribution in [2.45, 2.75) is 89.3 Å². The van der Waals surface area contributed by atoms with Gasteiger partial charge < -0.3 is 15.3 Å². The van der Waals surface area contributed by atoms with Gasteiger partial charge in [-0.2, -0.15) is 0 Å². The summed E-state index contributed by atoms with van der Waals surface area (Å²) in [6.07, 6.45) is 10.1. The Bertz CT molecular complexity index is 530. The Hall–Kier alpha value is -1.39. The molecule has 27 heavy (non-hydrogen) atoms. The van der Waals surface area contributed by atoms with E-state index in [1.165, 1.54) is 5.56 Å². The molecule has 4 atom stereocenters. The molecule has 0 unspecified atom stereocenters. The predicted molar refractivity (Wildman–Crippen MR) is 108 cm³/mol. The quantitative estimate of drug-likeness (QED) is 0.441. The lowest BCUT2D eigenvalue weighted by Gasteiger charge is -2.23. The van der Waals surface area contributed by atoms with Crippen molar-refractivity contribution in [2.24, 2.45) is 11.8 Å². The Kier molecular flexibility index (Phi) is 9.85. The number of unbranched alkanes of at least 4 members (excludes halogenated alkanes) is 3. The summed E-state index contributed by atoms with van der Waals surface area (Å²) in [5.74, 6) is 0.163. The zero-order valence-corrected chi connectivity index (χ0v) is 16.4. The van der Waals surface area contributed by atoms with E-state index in [1.54, 1.807) is 0 Å². The molecular weight excluding hydrogens is 340 g/mol. The highest BCUT2D eigenvalue weighted by Crippen LogP contribution is 2.39. The number of aliphatic hydroxyl groups excluding tert-OH is 2. The second kappa shape index (κ2) is 12.1. The van der Waals surface area contributed by atoms with Crippen molar-refractivity contribution < 1.29 is 20.1 Å². The monoisotopic (exact) mass is 376 g/mol. The van der Waals surface area contributed by atoms with Crippen LogP contribution < -0.4 is 0 Å². The molecule has 0 aliphatic heterocycles. The van der Waals surface area contributed by atoms with Crippen LogP contribution in [0.4, 0.5) is 0 Å². The first kappa shape index (κ1) is 21.9. The normalized spacial score (nSPS) is 23.4. The maximum absolute atomic E-state index is 10.5. The summed E-state index contributed by atoms with van der Waals surface area (Å²) in [7, 11) is 0. The van der Waals surface area contributed by atoms with E-state index in [1.807, 2.05) is 18.2 Å². The molecule has 0 spiro atoms. The maximum Gasteiger partial charge on any atom is 0.303 e.